The molecule has 0 saturated carbocycles. The van der Waals surface area contributed by atoms with Crippen molar-refractivity contribution in [2.75, 3.05) is 0 Å². The smallest absolute Gasteiger partial charge is 0.181 e. The Bertz CT molecular complexity index is 457. The van der Waals surface area contributed by atoms with Gasteiger partial charge in [0, 0.05) is 5.56 Å². The lowest BCUT2D eigenvalue weighted by Gasteiger charge is -2.12. The van der Waals surface area contributed by atoms with E-state index in [0.717, 1.165) is 5.76 Å². The second kappa shape index (κ2) is 3.54. The Morgan fingerprint density at radius 3 is 2.07 bits per heavy atom. The molecule has 0 aliphatic rings. The molecular weight excluding hydrogens is 186 g/mol. The highest BCUT2D eigenvalue weighted by molar-refractivity contribution is 5.68. The number of hydrogen-bond acceptors (Lipinski definition) is 2. The van der Waals surface area contributed by atoms with Crippen molar-refractivity contribution in [1.82, 2.24) is 4.98 Å². The molecule has 0 bridgehead atoms. The standard InChI is InChI=1S/C13H15NO/c1-8-5-9(2)11(4)13(10(8)3)12-6-14-7-15-12/h5-7H,1-4H3. The Morgan fingerprint density at radius 2 is 1.60 bits per heavy atom. The van der Waals surface area contributed by atoms with Gasteiger partial charge in [-0.25, -0.2) is 4.98 Å². The zero-order valence-electron chi connectivity index (χ0n) is 9.59. The minimum Gasteiger partial charge on any atom is -0.443 e. The van der Waals surface area contributed by atoms with Crippen molar-refractivity contribution in [3.8, 4) is 11.3 Å². The third kappa shape index (κ3) is 1.56. The number of nitrogens with zero attached hydrogens (tertiary/aromatic N) is 1. The van der Waals surface area contributed by atoms with Crippen molar-refractivity contribution in [2.45, 2.75) is 27.7 Å². The average Bonchev–Trinajstić information content (AvgIpc) is 2.69. The van der Waals surface area contributed by atoms with E-state index in [1.165, 1.54) is 34.2 Å². The molecule has 1 aromatic carbocycles. The van der Waals surface area contributed by atoms with Crippen LogP contribution >= 0.6 is 0 Å². The zero-order chi connectivity index (χ0) is 11.0. The molecule has 0 aliphatic heterocycles. The minimum atomic E-state index is 0.858. The maximum absolute atomic E-state index is 5.38. The molecule has 0 saturated heterocycles. The largest absolute Gasteiger partial charge is 0.443 e. The van der Waals surface area contributed by atoms with Gasteiger partial charge in [0.25, 0.3) is 0 Å². The molecule has 2 heteroatoms. The number of aromatic nitrogens is 1. The number of benzene rings is 1. The molecule has 1 heterocycles. The Kier molecular flexibility index (Phi) is 2.35. The molecule has 0 N–H and O–H groups in total. The Labute approximate surface area is 90.0 Å². The summed E-state index contributed by atoms with van der Waals surface area (Å²) in [4.78, 5) is 3.97. The summed E-state index contributed by atoms with van der Waals surface area (Å²) in [6.07, 6.45) is 3.25. The fraction of sp³-hybridized carbons (Fsp3) is 0.308. The number of aryl methyl sites for hydroxylation is 2. The molecule has 0 amide bonds. The molecule has 78 valence electrons. The van der Waals surface area contributed by atoms with Gasteiger partial charge < -0.3 is 4.42 Å². The van der Waals surface area contributed by atoms with Gasteiger partial charge >= 0.3 is 0 Å². The SMILES string of the molecule is Cc1cc(C)c(C)c(-c2cnco2)c1C. The van der Waals surface area contributed by atoms with E-state index in [1.54, 1.807) is 6.20 Å². The van der Waals surface area contributed by atoms with E-state index in [4.69, 9.17) is 4.42 Å². The van der Waals surface area contributed by atoms with Crippen LogP contribution in [-0.4, -0.2) is 4.98 Å². The molecule has 15 heavy (non-hydrogen) atoms. The Balaban J connectivity index is 2.75. The predicted molar refractivity (Wildman–Crippen MR) is 60.9 cm³/mol. The van der Waals surface area contributed by atoms with Crippen LogP contribution in [0.15, 0.2) is 23.1 Å². The van der Waals surface area contributed by atoms with Crippen molar-refractivity contribution in [2.24, 2.45) is 0 Å². The van der Waals surface area contributed by atoms with Gasteiger partial charge in [-0.2, -0.15) is 0 Å². The topological polar surface area (TPSA) is 26.0 Å². The van der Waals surface area contributed by atoms with Crippen molar-refractivity contribution >= 4 is 0 Å². The Hall–Kier alpha value is -1.57. The van der Waals surface area contributed by atoms with Gasteiger partial charge in [0.2, 0.25) is 0 Å². The highest BCUT2D eigenvalue weighted by Crippen LogP contribution is 2.30. The van der Waals surface area contributed by atoms with E-state index < -0.39 is 0 Å². The van der Waals surface area contributed by atoms with Gasteiger partial charge in [-0.15, -0.1) is 0 Å². The molecule has 0 atom stereocenters. The van der Waals surface area contributed by atoms with E-state index in [2.05, 4.69) is 38.7 Å². The lowest BCUT2D eigenvalue weighted by atomic mass is 9.93. The van der Waals surface area contributed by atoms with Crippen LogP contribution < -0.4 is 0 Å². The summed E-state index contributed by atoms with van der Waals surface area (Å²) in [7, 11) is 0. The number of oxazole rings is 1. The fourth-order valence-electron chi connectivity index (χ4n) is 1.93. The predicted octanol–water partition coefficient (Wildman–Crippen LogP) is 3.58. The van der Waals surface area contributed by atoms with Crippen LogP contribution in [0.3, 0.4) is 0 Å². The van der Waals surface area contributed by atoms with E-state index in [0.29, 0.717) is 0 Å². The van der Waals surface area contributed by atoms with Crippen molar-refractivity contribution in [3.05, 3.63) is 40.9 Å². The molecule has 0 radical (unpaired) electrons. The van der Waals surface area contributed by atoms with Crippen LogP contribution in [0.5, 0.6) is 0 Å². The third-order valence-electron chi connectivity index (χ3n) is 3.04. The quantitative estimate of drug-likeness (QED) is 0.704. The highest BCUT2D eigenvalue weighted by Gasteiger charge is 2.12. The first-order valence-corrected chi connectivity index (χ1v) is 5.07. The lowest BCUT2D eigenvalue weighted by molar-refractivity contribution is 0.571. The van der Waals surface area contributed by atoms with Gasteiger partial charge in [0.1, 0.15) is 0 Å². The summed E-state index contributed by atoms with van der Waals surface area (Å²) in [5, 5.41) is 0. The summed E-state index contributed by atoms with van der Waals surface area (Å²) in [5.74, 6) is 0.858. The normalized spacial score (nSPS) is 10.7. The monoisotopic (exact) mass is 201 g/mol. The molecule has 1 aromatic heterocycles. The molecule has 2 rings (SSSR count). The first kappa shape index (κ1) is 9.97. The fourth-order valence-corrected chi connectivity index (χ4v) is 1.93. The van der Waals surface area contributed by atoms with Crippen molar-refractivity contribution in [3.63, 3.8) is 0 Å². The van der Waals surface area contributed by atoms with Crippen LogP contribution in [0.25, 0.3) is 11.3 Å². The maximum Gasteiger partial charge on any atom is 0.181 e. The lowest BCUT2D eigenvalue weighted by Crippen LogP contribution is -1.94. The van der Waals surface area contributed by atoms with Gasteiger partial charge in [0.05, 0.1) is 6.20 Å². The molecule has 2 nitrogen and oxygen atoms in total. The summed E-state index contributed by atoms with van der Waals surface area (Å²) >= 11 is 0. The van der Waals surface area contributed by atoms with Crippen molar-refractivity contribution in [1.29, 1.82) is 0 Å². The van der Waals surface area contributed by atoms with Crippen LogP contribution in [-0.2, 0) is 0 Å². The van der Waals surface area contributed by atoms with Gasteiger partial charge in [-0.05, 0) is 49.9 Å². The highest BCUT2D eigenvalue weighted by atomic mass is 16.3. The van der Waals surface area contributed by atoms with Gasteiger partial charge in [-0.3, -0.25) is 0 Å². The second-order valence-corrected chi connectivity index (χ2v) is 4.00. The molecule has 0 unspecified atom stereocenters. The van der Waals surface area contributed by atoms with E-state index in [-0.39, 0.29) is 0 Å². The maximum atomic E-state index is 5.38. The van der Waals surface area contributed by atoms with Gasteiger partial charge in [-0.1, -0.05) is 6.07 Å². The zero-order valence-corrected chi connectivity index (χ0v) is 9.59. The summed E-state index contributed by atoms with van der Waals surface area (Å²) in [6, 6.07) is 2.21. The number of rotatable bonds is 1. The molecule has 0 aliphatic carbocycles. The Morgan fingerprint density at radius 1 is 1.00 bits per heavy atom. The first-order chi connectivity index (χ1) is 7.11. The van der Waals surface area contributed by atoms with Crippen molar-refractivity contribution < 1.29 is 4.42 Å². The second-order valence-electron chi connectivity index (χ2n) is 4.00. The van der Waals surface area contributed by atoms with E-state index in [1.807, 2.05) is 0 Å². The molecule has 2 aromatic rings. The van der Waals surface area contributed by atoms with E-state index in [9.17, 15) is 0 Å². The minimum absolute atomic E-state index is 0.858. The first-order valence-electron chi connectivity index (χ1n) is 5.07. The molecule has 0 fully saturated rings. The molecule has 0 spiro atoms. The number of hydrogen-bond donors (Lipinski definition) is 0. The summed E-state index contributed by atoms with van der Waals surface area (Å²) in [5.41, 5.74) is 6.32. The van der Waals surface area contributed by atoms with Gasteiger partial charge in [0.15, 0.2) is 12.2 Å². The van der Waals surface area contributed by atoms with Crippen LogP contribution in [0.4, 0.5) is 0 Å². The van der Waals surface area contributed by atoms with Crippen LogP contribution in [0.1, 0.15) is 22.3 Å². The van der Waals surface area contributed by atoms with E-state index >= 15 is 0 Å². The van der Waals surface area contributed by atoms with Crippen LogP contribution in [0, 0.1) is 27.7 Å². The third-order valence-corrected chi connectivity index (χ3v) is 3.04. The summed E-state index contributed by atoms with van der Waals surface area (Å²) < 4.78 is 5.38. The summed E-state index contributed by atoms with van der Waals surface area (Å²) in [6.45, 7) is 8.50. The average molecular weight is 201 g/mol. The molecular formula is C13H15NO. The van der Waals surface area contributed by atoms with Crippen LogP contribution in [0.2, 0.25) is 0 Å².